The maximum atomic E-state index is 11.4. The lowest BCUT2D eigenvalue weighted by atomic mass is 10.3. The number of hydrogen-bond acceptors (Lipinski definition) is 5. The van der Waals surface area contributed by atoms with Crippen LogP contribution >= 0.6 is 15.9 Å². The predicted molar refractivity (Wildman–Crippen MR) is 87.7 cm³/mol. The van der Waals surface area contributed by atoms with Crippen LogP contribution in [0.1, 0.15) is 6.42 Å². The van der Waals surface area contributed by atoms with Crippen molar-refractivity contribution in [3.63, 3.8) is 0 Å². The van der Waals surface area contributed by atoms with Gasteiger partial charge in [0.15, 0.2) is 0 Å². The summed E-state index contributed by atoms with van der Waals surface area (Å²) in [6, 6.07) is 14.1. The van der Waals surface area contributed by atoms with Gasteiger partial charge in [0.2, 0.25) is 0 Å². The van der Waals surface area contributed by atoms with Crippen LogP contribution in [0, 0.1) is 0 Å². The molecule has 0 radical (unpaired) electrons. The SMILES string of the molecule is COc1ccc(N=Nc2ccc(OC(=O)CCBr)cc2)cc1. The van der Waals surface area contributed by atoms with Crippen molar-refractivity contribution in [3.05, 3.63) is 48.5 Å². The molecular weight excluding hydrogens is 348 g/mol. The fourth-order valence-electron chi connectivity index (χ4n) is 1.60. The van der Waals surface area contributed by atoms with E-state index in [1.54, 1.807) is 31.4 Å². The molecule has 0 aliphatic rings. The molecule has 0 aromatic heterocycles. The lowest BCUT2D eigenvalue weighted by molar-refractivity contribution is -0.133. The fourth-order valence-corrected chi connectivity index (χ4v) is 1.93. The molecule has 0 amide bonds. The molecule has 0 N–H and O–H groups in total. The number of ether oxygens (including phenoxy) is 2. The monoisotopic (exact) mass is 362 g/mol. The molecule has 6 heteroatoms. The fraction of sp³-hybridized carbons (Fsp3) is 0.188. The van der Waals surface area contributed by atoms with Crippen LogP contribution in [-0.4, -0.2) is 18.4 Å². The zero-order valence-electron chi connectivity index (χ0n) is 12.0. The molecule has 114 valence electrons. The van der Waals surface area contributed by atoms with Gasteiger partial charge in [-0.25, -0.2) is 0 Å². The van der Waals surface area contributed by atoms with Gasteiger partial charge in [0.1, 0.15) is 11.5 Å². The van der Waals surface area contributed by atoms with E-state index in [-0.39, 0.29) is 5.97 Å². The third-order valence-corrected chi connectivity index (χ3v) is 3.12. The molecule has 22 heavy (non-hydrogen) atoms. The molecule has 0 aliphatic heterocycles. The normalized spacial score (nSPS) is 10.6. The molecule has 0 aliphatic carbocycles. The number of alkyl halides is 1. The summed E-state index contributed by atoms with van der Waals surface area (Å²) in [4.78, 5) is 11.4. The van der Waals surface area contributed by atoms with Crippen molar-refractivity contribution in [1.29, 1.82) is 0 Å². The number of carbonyl (C=O) groups excluding carboxylic acids is 1. The van der Waals surface area contributed by atoms with Gasteiger partial charge >= 0.3 is 5.97 Å². The van der Waals surface area contributed by atoms with Crippen LogP contribution in [0.15, 0.2) is 58.8 Å². The van der Waals surface area contributed by atoms with Crippen LogP contribution in [0.25, 0.3) is 0 Å². The van der Waals surface area contributed by atoms with Gasteiger partial charge in [0.05, 0.1) is 24.9 Å². The maximum absolute atomic E-state index is 11.4. The Kier molecular flexibility index (Phi) is 6.09. The second-order valence-corrected chi connectivity index (χ2v) is 5.10. The van der Waals surface area contributed by atoms with Gasteiger partial charge in [0.25, 0.3) is 0 Å². The zero-order valence-corrected chi connectivity index (χ0v) is 13.6. The summed E-state index contributed by atoms with van der Waals surface area (Å²) >= 11 is 3.19. The highest BCUT2D eigenvalue weighted by Gasteiger charge is 2.03. The number of esters is 1. The van der Waals surface area contributed by atoms with E-state index < -0.39 is 0 Å². The van der Waals surface area contributed by atoms with Crippen LogP contribution in [0.3, 0.4) is 0 Å². The van der Waals surface area contributed by atoms with Gasteiger partial charge in [0, 0.05) is 5.33 Å². The van der Waals surface area contributed by atoms with Crippen molar-refractivity contribution in [1.82, 2.24) is 0 Å². The highest BCUT2D eigenvalue weighted by molar-refractivity contribution is 9.09. The largest absolute Gasteiger partial charge is 0.497 e. The molecule has 0 bridgehead atoms. The van der Waals surface area contributed by atoms with Crippen LogP contribution in [0.2, 0.25) is 0 Å². The Hall–Kier alpha value is -2.21. The number of azo groups is 1. The van der Waals surface area contributed by atoms with E-state index in [4.69, 9.17) is 9.47 Å². The number of nitrogens with zero attached hydrogens (tertiary/aromatic N) is 2. The van der Waals surface area contributed by atoms with Crippen molar-refractivity contribution in [3.8, 4) is 11.5 Å². The second kappa shape index (κ2) is 8.29. The quantitative estimate of drug-likeness (QED) is 0.321. The molecule has 5 nitrogen and oxygen atoms in total. The topological polar surface area (TPSA) is 60.3 Å². The zero-order chi connectivity index (χ0) is 15.8. The van der Waals surface area contributed by atoms with Gasteiger partial charge < -0.3 is 9.47 Å². The molecule has 0 atom stereocenters. The lowest BCUT2D eigenvalue weighted by Crippen LogP contribution is -2.07. The van der Waals surface area contributed by atoms with Crippen molar-refractivity contribution in [2.75, 3.05) is 12.4 Å². The molecule has 0 unspecified atom stereocenters. The predicted octanol–water partition coefficient (Wildman–Crippen LogP) is 4.80. The van der Waals surface area contributed by atoms with Gasteiger partial charge in [-0.2, -0.15) is 10.2 Å². The molecule has 0 spiro atoms. The van der Waals surface area contributed by atoms with Gasteiger partial charge in [-0.05, 0) is 48.5 Å². The molecule has 0 heterocycles. The van der Waals surface area contributed by atoms with Crippen molar-refractivity contribution in [2.45, 2.75) is 6.42 Å². The van der Waals surface area contributed by atoms with E-state index in [0.29, 0.717) is 23.2 Å². The number of carbonyl (C=O) groups is 1. The summed E-state index contributed by atoms with van der Waals surface area (Å²) in [7, 11) is 1.61. The third-order valence-electron chi connectivity index (χ3n) is 2.72. The molecule has 0 saturated heterocycles. The van der Waals surface area contributed by atoms with Crippen LogP contribution in [0.5, 0.6) is 11.5 Å². The summed E-state index contributed by atoms with van der Waals surface area (Å²) in [5.74, 6) is 0.993. The van der Waals surface area contributed by atoms with Gasteiger partial charge in [-0.3, -0.25) is 4.79 Å². The first-order chi connectivity index (χ1) is 10.7. The number of rotatable bonds is 6. The van der Waals surface area contributed by atoms with Crippen molar-refractivity contribution >= 4 is 33.3 Å². The first kappa shape index (κ1) is 16.2. The Balaban J connectivity index is 1.97. The number of hydrogen-bond donors (Lipinski definition) is 0. The Morgan fingerprint density at radius 1 is 0.955 bits per heavy atom. The van der Waals surface area contributed by atoms with E-state index >= 15 is 0 Å². The van der Waals surface area contributed by atoms with Gasteiger partial charge in [-0.1, -0.05) is 15.9 Å². The average molecular weight is 363 g/mol. The van der Waals surface area contributed by atoms with E-state index in [2.05, 4.69) is 26.2 Å². The Morgan fingerprint density at radius 2 is 1.45 bits per heavy atom. The second-order valence-electron chi connectivity index (χ2n) is 4.30. The standard InChI is InChI=1S/C16H15BrN2O3/c1-21-14-6-2-12(3-7-14)18-19-13-4-8-15(9-5-13)22-16(20)10-11-17/h2-9H,10-11H2,1H3. The minimum absolute atomic E-state index is 0.274. The molecule has 2 aromatic carbocycles. The summed E-state index contributed by atoms with van der Waals surface area (Å²) in [5.41, 5.74) is 1.41. The van der Waals surface area contributed by atoms with E-state index in [0.717, 1.165) is 11.4 Å². The number of methoxy groups -OCH3 is 1. The summed E-state index contributed by atoms with van der Waals surface area (Å²) in [6.45, 7) is 0. The summed E-state index contributed by atoms with van der Waals surface area (Å²) in [5, 5.41) is 8.84. The number of benzene rings is 2. The first-order valence-electron chi connectivity index (χ1n) is 6.64. The van der Waals surface area contributed by atoms with Crippen LogP contribution in [-0.2, 0) is 4.79 Å². The lowest BCUT2D eigenvalue weighted by Gasteiger charge is -2.02. The molecule has 2 rings (SSSR count). The Morgan fingerprint density at radius 3 is 1.91 bits per heavy atom. The highest BCUT2D eigenvalue weighted by atomic mass is 79.9. The van der Waals surface area contributed by atoms with E-state index in [9.17, 15) is 4.79 Å². The molecule has 0 saturated carbocycles. The highest BCUT2D eigenvalue weighted by Crippen LogP contribution is 2.23. The average Bonchev–Trinajstić information content (AvgIpc) is 2.55. The molecule has 0 fully saturated rings. The van der Waals surface area contributed by atoms with Crippen molar-refractivity contribution < 1.29 is 14.3 Å². The van der Waals surface area contributed by atoms with Crippen molar-refractivity contribution in [2.24, 2.45) is 10.2 Å². The molecule has 2 aromatic rings. The van der Waals surface area contributed by atoms with E-state index in [1.807, 2.05) is 24.3 Å². The smallest absolute Gasteiger partial charge is 0.312 e. The van der Waals surface area contributed by atoms with E-state index in [1.165, 1.54) is 0 Å². The molecular formula is C16H15BrN2O3. The minimum Gasteiger partial charge on any atom is -0.497 e. The Labute approximate surface area is 137 Å². The van der Waals surface area contributed by atoms with Crippen LogP contribution < -0.4 is 9.47 Å². The maximum Gasteiger partial charge on any atom is 0.312 e. The Bertz CT molecular complexity index is 639. The summed E-state index contributed by atoms with van der Waals surface area (Å²) < 4.78 is 10.2. The third kappa shape index (κ3) is 4.96. The van der Waals surface area contributed by atoms with Crippen LogP contribution in [0.4, 0.5) is 11.4 Å². The summed E-state index contributed by atoms with van der Waals surface area (Å²) in [6.07, 6.45) is 0.332. The minimum atomic E-state index is -0.274. The van der Waals surface area contributed by atoms with Gasteiger partial charge in [-0.15, -0.1) is 0 Å². The number of halogens is 1. The first-order valence-corrected chi connectivity index (χ1v) is 7.76.